The van der Waals surface area contributed by atoms with Crippen LogP contribution in [0.25, 0.3) is 11.1 Å². The molecule has 4 heterocycles. The molecule has 0 N–H and O–H groups in total. The number of morpholine rings is 1. The van der Waals surface area contributed by atoms with E-state index in [0.717, 1.165) is 23.2 Å². The first-order chi connectivity index (χ1) is 14.9. The first-order valence-electron chi connectivity index (χ1n) is 10.3. The Kier molecular flexibility index (Phi) is 6.12. The van der Waals surface area contributed by atoms with Crippen LogP contribution in [0.2, 0.25) is 0 Å². The van der Waals surface area contributed by atoms with Crippen LogP contribution in [0.15, 0.2) is 41.9 Å². The topological polar surface area (TPSA) is 103 Å². The van der Waals surface area contributed by atoms with E-state index in [4.69, 9.17) is 4.74 Å². The minimum absolute atomic E-state index is 0.196. The van der Waals surface area contributed by atoms with Gasteiger partial charge in [-0.2, -0.15) is 9.40 Å². The maximum Gasteiger partial charge on any atom is 0.246 e. The molecule has 1 atom stereocenters. The van der Waals surface area contributed by atoms with Crippen molar-refractivity contribution in [3.05, 3.63) is 54.1 Å². The van der Waals surface area contributed by atoms with Crippen LogP contribution in [0.3, 0.4) is 0 Å². The summed E-state index contributed by atoms with van der Waals surface area (Å²) in [6.07, 6.45) is 7.00. The molecule has 164 valence electrons. The van der Waals surface area contributed by atoms with Gasteiger partial charge in [-0.05, 0) is 38.0 Å². The SMILES string of the molecule is CCCn1cc(S(=O)(=O)N2CCO[C@H](c3cc(-c4cncnc4)cc(C)n3)C2)c(C)n1. The summed E-state index contributed by atoms with van der Waals surface area (Å²) in [5, 5.41) is 4.35. The van der Waals surface area contributed by atoms with E-state index in [-0.39, 0.29) is 11.4 Å². The first-order valence-corrected chi connectivity index (χ1v) is 11.7. The lowest BCUT2D eigenvalue weighted by atomic mass is 10.1. The monoisotopic (exact) mass is 442 g/mol. The Bertz CT molecular complexity index is 1160. The van der Waals surface area contributed by atoms with E-state index in [0.29, 0.717) is 31.1 Å². The smallest absolute Gasteiger partial charge is 0.246 e. The van der Waals surface area contributed by atoms with Gasteiger partial charge >= 0.3 is 0 Å². The average molecular weight is 443 g/mol. The average Bonchev–Trinajstić information content (AvgIpc) is 3.15. The molecule has 3 aromatic heterocycles. The molecule has 9 nitrogen and oxygen atoms in total. The van der Waals surface area contributed by atoms with E-state index in [1.807, 2.05) is 26.0 Å². The van der Waals surface area contributed by atoms with Gasteiger partial charge < -0.3 is 4.74 Å². The number of ether oxygens (including phenoxy) is 1. The Morgan fingerprint density at radius 3 is 2.68 bits per heavy atom. The third-order valence-electron chi connectivity index (χ3n) is 5.20. The molecule has 0 unspecified atom stereocenters. The van der Waals surface area contributed by atoms with Gasteiger partial charge in [0.25, 0.3) is 0 Å². The van der Waals surface area contributed by atoms with E-state index < -0.39 is 16.1 Å². The fourth-order valence-electron chi connectivity index (χ4n) is 3.73. The van der Waals surface area contributed by atoms with Crippen LogP contribution in [-0.2, 0) is 21.3 Å². The zero-order chi connectivity index (χ0) is 22.0. The van der Waals surface area contributed by atoms with Crippen LogP contribution < -0.4 is 0 Å². The number of hydrogen-bond donors (Lipinski definition) is 0. The van der Waals surface area contributed by atoms with Gasteiger partial charge in [0.05, 0.1) is 18.0 Å². The third kappa shape index (κ3) is 4.51. The molecule has 31 heavy (non-hydrogen) atoms. The fraction of sp³-hybridized carbons (Fsp3) is 0.429. The summed E-state index contributed by atoms with van der Waals surface area (Å²) >= 11 is 0. The van der Waals surface area contributed by atoms with Gasteiger partial charge in [0.15, 0.2) is 0 Å². The van der Waals surface area contributed by atoms with Gasteiger partial charge in [0.1, 0.15) is 17.3 Å². The van der Waals surface area contributed by atoms with Crippen molar-refractivity contribution in [2.45, 2.75) is 44.7 Å². The fourth-order valence-corrected chi connectivity index (χ4v) is 5.33. The Labute approximate surface area is 182 Å². The maximum atomic E-state index is 13.3. The molecule has 0 radical (unpaired) electrons. The molecule has 0 saturated carbocycles. The number of nitrogens with zero attached hydrogens (tertiary/aromatic N) is 6. The molecular weight excluding hydrogens is 416 g/mol. The van der Waals surface area contributed by atoms with Crippen LogP contribution in [0.4, 0.5) is 0 Å². The molecular formula is C21H26N6O3S. The molecule has 1 fully saturated rings. The zero-order valence-electron chi connectivity index (χ0n) is 17.9. The van der Waals surface area contributed by atoms with Crippen molar-refractivity contribution in [2.75, 3.05) is 19.7 Å². The molecule has 0 aromatic carbocycles. The van der Waals surface area contributed by atoms with Crippen molar-refractivity contribution < 1.29 is 13.2 Å². The van der Waals surface area contributed by atoms with Crippen LogP contribution >= 0.6 is 0 Å². The number of hydrogen-bond acceptors (Lipinski definition) is 7. The van der Waals surface area contributed by atoms with Gasteiger partial charge in [-0.25, -0.2) is 18.4 Å². The van der Waals surface area contributed by atoms with Gasteiger partial charge in [0, 0.05) is 49.5 Å². The summed E-state index contributed by atoms with van der Waals surface area (Å²) in [5.74, 6) is 0. The molecule has 0 aliphatic carbocycles. The van der Waals surface area contributed by atoms with Crippen LogP contribution in [0.1, 0.15) is 36.5 Å². The van der Waals surface area contributed by atoms with Gasteiger partial charge in [-0.3, -0.25) is 9.67 Å². The lowest BCUT2D eigenvalue weighted by Gasteiger charge is -2.32. The number of pyridine rings is 1. The predicted molar refractivity (Wildman–Crippen MR) is 115 cm³/mol. The quantitative estimate of drug-likeness (QED) is 0.578. The summed E-state index contributed by atoms with van der Waals surface area (Å²) < 4.78 is 35.8. The van der Waals surface area contributed by atoms with E-state index >= 15 is 0 Å². The Hall–Kier alpha value is -2.69. The molecule has 3 aromatic rings. The summed E-state index contributed by atoms with van der Waals surface area (Å²) in [6, 6.07) is 3.86. The summed E-state index contributed by atoms with van der Waals surface area (Å²) in [5.41, 5.74) is 3.81. The molecule has 1 saturated heterocycles. The van der Waals surface area contributed by atoms with Crippen LogP contribution in [0, 0.1) is 13.8 Å². The minimum atomic E-state index is -3.68. The van der Waals surface area contributed by atoms with Crippen molar-refractivity contribution in [2.24, 2.45) is 0 Å². The van der Waals surface area contributed by atoms with Crippen LogP contribution in [0.5, 0.6) is 0 Å². The van der Waals surface area contributed by atoms with Gasteiger partial charge in [0.2, 0.25) is 10.0 Å². The maximum absolute atomic E-state index is 13.3. The molecule has 10 heteroatoms. The van der Waals surface area contributed by atoms with Crippen molar-refractivity contribution >= 4 is 10.0 Å². The second-order valence-corrected chi connectivity index (χ2v) is 9.52. The van der Waals surface area contributed by atoms with Gasteiger partial charge in [-0.1, -0.05) is 6.92 Å². The minimum Gasteiger partial charge on any atom is -0.369 e. The molecule has 4 rings (SSSR count). The molecule has 1 aliphatic heterocycles. The third-order valence-corrected chi connectivity index (χ3v) is 7.17. The Morgan fingerprint density at radius 1 is 1.16 bits per heavy atom. The Morgan fingerprint density at radius 2 is 1.94 bits per heavy atom. The van der Waals surface area contributed by atoms with E-state index in [1.54, 1.807) is 30.2 Å². The lowest BCUT2D eigenvalue weighted by Crippen LogP contribution is -2.42. The second-order valence-electron chi connectivity index (χ2n) is 7.61. The van der Waals surface area contributed by atoms with Gasteiger partial charge in [-0.15, -0.1) is 0 Å². The standard InChI is InChI=1S/C21H26N6O3S/c1-4-5-26-13-21(16(3)25-26)31(28,29)27-6-7-30-20(12-27)19-9-17(8-15(2)24-19)18-10-22-14-23-11-18/h8-11,13-14,20H,4-7,12H2,1-3H3/t20-/m0/s1. The highest BCUT2D eigenvalue weighted by molar-refractivity contribution is 7.89. The lowest BCUT2D eigenvalue weighted by molar-refractivity contribution is -0.00498. The second kappa shape index (κ2) is 8.81. The van der Waals surface area contributed by atoms with E-state index in [1.165, 1.54) is 10.6 Å². The molecule has 0 spiro atoms. The van der Waals surface area contributed by atoms with E-state index in [2.05, 4.69) is 20.1 Å². The highest BCUT2D eigenvalue weighted by Crippen LogP contribution is 2.29. The summed E-state index contributed by atoms with van der Waals surface area (Å²) in [7, 11) is -3.68. The predicted octanol–water partition coefficient (Wildman–Crippen LogP) is 2.52. The molecule has 1 aliphatic rings. The normalized spacial score (nSPS) is 17.7. The molecule has 0 bridgehead atoms. The number of sulfonamides is 1. The molecule has 0 amide bonds. The summed E-state index contributed by atoms with van der Waals surface area (Å²) in [6.45, 7) is 7.13. The number of aromatic nitrogens is 5. The van der Waals surface area contributed by atoms with Crippen molar-refractivity contribution in [1.82, 2.24) is 29.0 Å². The Balaban J connectivity index is 1.61. The van der Waals surface area contributed by atoms with E-state index in [9.17, 15) is 8.42 Å². The first kappa shape index (κ1) is 21.5. The largest absolute Gasteiger partial charge is 0.369 e. The summed E-state index contributed by atoms with van der Waals surface area (Å²) in [4.78, 5) is 13.0. The number of rotatable bonds is 6. The highest BCUT2D eigenvalue weighted by atomic mass is 32.2. The van der Waals surface area contributed by atoms with Crippen molar-refractivity contribution in [3.63, 3.8) is 0 Å². The van der Waals surface area contributed by atoms with Crippen molar-refractivity contribution in [1.29, 1.82) is 0 Å². The zero-order valence-corrected chi connectivity index (χ0v) is 18.7. The number of aryl methyl sites for hydroxylation is 3. The van der Waals surface area contributed by atoms with Crippen molar-refractivity contribution in [3.8, 4) is 11.1 Å². The highest BCUT2D eigenvalue weighted by Gasteiger charge is 2.34. The van der Waals surface area contributed by atoms with Crippen LogP contribution in [-0.4, -0.2) is 57.2 Å².